The van der Waals surface area contributed by atoms with Crippen molar-refractivity contribution < 1.29 is 14.4 Å². The normalized spacial score (nSPS) is 17.0. The van der Waals surface area contributed by atoms with E-state index in [9.17, 15) is 14.4 Å². The van der Waals surface area contributed by atoms with Gasteiger partial charge >= 0.3 is 0 Å². The molecule has 0 radical (unpaired) electrons. The van der Waals surface area contributed by atoms with Crippen LogP contribution in [0.3, 0.4) is 0 Å². The highest BCUT2D eigenvalue weighted by Crippen LogP contribution is 2.27. The number of hydrogen-bond acceptors (Lipinski definition) is 4. The Bertz CT molecular complexity index is 981. The Morgan fingerprint density at radius 3 is 2.59 bits per heavy atom. The molecule has 1 fully saturated rings. The van der Waals surface area contributed by atoms with Gasteiger partial charge in [-0.05, 0) is 36.7 Å². The third kappa shape index (κ3) is 5.18. The van der Waals surface area contributed by atoms with Crippen LogP contribution in [0, 0.1) is 11.8 Å². The molecule has 2 aliphatic rings. The molecule has 0 saturated heterocycles. The van der Waals surface area contributed by atoms with Crippen molar-refractivity contribution in [1.29, 1.82) is 0 Å². The van der Waals surface area contributed by atoms with E-state index in [0.29, 0.717) is 37.8 Å². The maximum absolute atomic E-state index is 13.1. The smallest absolute Gasteiger partial charge is 0.272 e. The first-order chi connectivity index (χ1) is 15.4. The second-order valence-electron chi connectivity index (χ2n) is 9.09. The average Bonchev–Trinajstić information content (AvgIpc) is 3.54. The van der Waals surface area contributed by atoms with Gasteiger partial charge in [0.25, 0.3) is 11.8 Å². The molecule has 1 unspecified atom stereocenters. The van der Waals surface area contributed by atoms with E-state index in [4.69, 9.17) is 0 Å². The summed E-state index contributed by atoms with van der Waals surface area (Å²) in [5, 5.41) is 10.1. The summed E-state index contributed by atoms with van der Waals surface area (Å²) in [6.45, 7) is 6.17. The van der Waals surface area contributed by atoms with E-state index in [-0.39, 0.29) is 23.4 Å². The van der Waals surface area contributed by atoms with Gasteiger partial charge < -0.3 is 15.5 Å². The molecule has 1 aromatic carbocycles. The van der Waals surface area contributed by atoms with Gasteiger partial charge in [-0.2, -0.15) is 5.10 Å². The number of fused-ring (bicyclic) bond motifs is 1. The molecule has 2 aromatic rings. The summed E-state index contributed by atoms with van der Waals surface area (Å²) < 4.78 is 1.61. The second kappa shape index (κ2) is 9.54. The Balaban J connectivity index is 1.45. The van der Waals surface area contributed by atoms with Crippen LogP contribution in [-0.2, 0) is 17.9 Å². The maximum Gasteiger partial charge on any atom is 0.272 e. The Morgan fingerprint density at radius 1 is 1.16 bits per heavy atom. The van der Waals surface area contributed by atoms with E-state index < -0.39 is 11.9 Å². The second-order valence-corrected chi connectivity index (χ2v) is 9.09. The quantitative estimate of drug-likeness (QED) is 0.662. The molecule has 0 bridgehead atoms. The highest BCUT2D eigenvalue weighted by molar-refractivity contribution is 5.99. The van der Waals surface area contributed by atoms with Crippen LogP contribution >= 0.6 is 0 Å². The lowest BCUT2D eigenvalue weighted by atomic mass is 10.0. The molecule has 1 aromatic heterocycles. The van der Waals surface area contributed by atoms with Crippen molar-refractivity contribution in [2.75, 3.05) is 13.1 Å². The SMILES string of the molecule is CC(C)C(NC(=O)c1cc2n(n1)CCCN(Cc1ccccc1)C2=O)C(=O)NCC1CC1. The number of carbonyl (C=O) groups is 3. The third-order valence-electron chi connectivity index (χ3n) is 6.03. The van der Waals surface area contributed by atoms with Gasteiger partial charge in [0.05, 0.1) is 0 Å². The van der Waals surface area contributed by atoms with Gasteiger partial charge in [0.15, 0.2) is 5.69 Å². The highest BCUT2D eigenvalue weighted by Gasteiger charge is 2.30. The van der Waals surface area contributed by atoms with Crippen LogP contribution in [-0.4, -0.2) is 51.5 Å². The van der Waals surface area contributed by atoms with Crippen LogP contribution in [0.2, 0.25) is 0 Å². The number of benzene rings is 1. The van der Waals surface area contributed by atoms with E-state index >= 15 is 0 Å². The molecule has 32 heavy (non-hydrogen) atoms. The number of rotatable bonds is 8. The lowest BCUT2D eigenvalue weighted by Gasteiger charge is -2.21. The molecule has 4 rings (SSSR count). The maximum atomic E-state index is 13.1. The van der Waals surface area contributed by atoms with Crippen LogP contribution < -0.4 is 10.6 Å². The molecule has 170 valence electrons. The van der Waals surface area contributed by atoms with Crippen molar-refractivity contribution in [1.82, 2.24) is 25.3 Å². The number of carbonyl (C=O) groups excluding carboxylic acids is 3. The summed E-state index contributed by atoms with van der Waals surface area (Å²) in [6, 6.07) is 10.7. The van der Waals surface area contributed by atoms with Gasteiger partial charge in [0, 0.05) is 32.2 Å². The van der Waals surface area contributed by atoms with E-state index in [2.05, 4.69) is 15.7 Å². The highest BCUT2D eigenvalue weighted by atomic mass is 16.2. The number of aromatic nitrogens is 2. The zero-order chi connectivity index (χ0) is 22.7. The number of nitrogens with one attached hydrogen (secondary N) is 2. The lowest BCUT2D eigenvalue weighted by Crippen LogP contribution is -2.50. The van der Waals surface area contributed by atoms with Gasteiger partial charge in [0.2, 0.25) is 5.91 Å². The van der Waals surface area contributed by atoms with Crippen molar-refractivity contribution in [2.45, 2.75) is 52.2 Å². The largest absolute Gasteiger partial charge is 0.354 e. The van der Waals surface area contributed by atoms with Crippen molar-refractivity contribution in [3.8, 4) is 0 Å². The molecule has 1 aliphatic heterocycles. The fourth-order valence-electron chi connectivity index (χ4n) is 3.93. The Morgan fingerprint density at radius 2 is 1.91 bits per heavy atom. The van der Waals surface area contributed by atoms with E-state index in [1.807, 2.05) is 44.2 Å². The minimum absolute atomic E-state index is 0.0680. The molecule has 0 spiro atoms. The van der Waals surface area contributed by atoms with Crippen molar-refractivity contribution in [3.05, 3.63) is 53.3 Å². The Labute approximate surface area is 188 Å². The summed E-state index contributed by atoms with van der Waals surface area (Å²) in [6.07, 6.45) is 3.05. The van der Waals surface area contributed by atoms with Gasteiger partial charge in [-0.25, -0.2) is 0 Å². The summed E-state index contributed by atoms with van der Waals surface area (Å²) in [5.74, 6) is -0.252. The number of hydrogen-bond donors (Lipinski definition) is 2. The van der Waals surface area contributed by atoms with Crippen LogP contribution in [0.5, 0.6) is 0 Å². The lowest BCUT2D eigenvalue weighted by molar-refractivity contribution is -0.124. The Kier molecular flexibility index (Phi) is 6.58. The molecule has 2 N–H and O–H groups in total. The number of amides is 3. The predicted octanol–water partition coefficient (Wildman–Crippen LogP) is 2.21. The standard InChI is InChI=1S/C24H31N5O3/c1-16(2)21(23(31)25-14-17-9-10-17)26-22(30)19-13-20-24(32)28(11-6-12-29(20)27-19)15-18-7-4-3-5-8-18/h3-5,7-8,13,16-17,21H,6,9-12,14-15H2,1-2H3,(H,25,31)(H,26,30). The molecule has 2 heterocycles. The Hall–Kier alpha value is -3.16. The molecule has 1 saturated carbocycles. The molecular weight excluding hydrogens is 406 g/mol. The third-order valence-corrected chi connectivity index (χ3v) is 6.03. The van der Waals surface area contributed by atoms with Gasteiger partial charge in [-0.15, -0.1) is 0 Å². The van der Waals surface area contributed by atoms with Crippen LogP contribution in [0.4, 0.5) is 0 Å². The average molecular weight is 438 g/mol. The molecule has 3 amide bonds. The summed E-state index contributed by atoms with van der Waals surface area (Å²) in [5.41, 5.74) is 1.63. The van der Waals surface area contributed by atoms with Gasteiger partial charge in [-0.1, -0.05) is 44.2 Å². The van der Waals surface area contributed by atoms with Crippen molar-refractivity contribution >= 4 is 17.7 Å². The summed E-state index contributed by atoms with van der Waals surface area (Å²) >= 11 is 0. The first-order valence-corrected chi connectivity index (χ1v) is 11.4. The minimum Gasteiger partial charge on any atom is -0.354 e. The van der Waals surface area contributed by atoms with Gasteiger partial charge in [-0.3, -0.25) is 19.1 Å². The van der Waals surface area contributed by atoms with E-state index in [0.717, 1.165) is 24.8 Å². The molecule has 8 nitrogen and oxygen atoms in total. The van der Waals surface area contributed by atoms with Crippen LogP contribution in [0.15, 0.2) is 36.4 Å². The molecule has 1 aliphatic carbocycles. The number of aryl methyl sites for hydroxylation is 1. The summed E-state index contributed by atoms with van der Waals surface area (Å²) in [4.78, 5) is 40.4. The topological polar surface area (TPSA) is 96.3 Å². The molecular formula is C24H31N5O3. The van der Waals surface area contributed by atoms with Crippen LogP contribution in [0.1, 0.15) is 59.7 Å². The predicted molar refractivity (Wildman–Crippen MR) is 120 cm³/mol. The first-order valence-electron chi connectivity index (χ1n) is 11.4. The summed E-state index contributed by atoms with van der Waals surface area (Å²) in [7, 11) is 0. The zero-order valence-electron chi connectivity index (χ0n) is 18.7. The monoisotopic (exact) mass is 437 g/mol. The zero-order valence-corrected chi connectivity index (χ0v) is 18.7. The fourth-order valence-corrected chi connectivity index (χ4v) is 3.93. The molecule has 1 atom stereocenters. The van der Waals surface area contributed by atoms with Gasteiger partial charge in [0.1, 0.15) is 11.7 Å². The minimum atomic E-state index is -0.645. The fraction of sp³-hybridized carbons (Fsp3) is 0.500. The van der Waals surface area contributed by atoms with Crippen molar-refractivity contribution in [3.63, 3.8) is 0 Å². The van der Waals surface area contributed by atoms with Crippen LogP contribution in [0.25, 0.3) is 0 Å². The number of nitrogens with zero attached hydrogens (tertiary/aromatic N) is 3. The van der Waals surface area contributed by atoms with E-state index in [1.54, 1.807) is 15.6 Å². The van der Waals surface area contributed by atoms with Crippen molar-refractivity contribution in [2.24, 2.45) is 11.8 Å². The van der Waals surface area contributed by atoms with E-state index in [1.165, 1.54) is 0 Å². The molecule has 8 heteroatoms. The first kappa shape index (κ1) is 22.0.